The molecule has 0 radical (unpaired) electrons. The quantitative estimate of drug-likeness (QED) is 0.835. The summed E-state index contributed by atoms with van der Waals surface area (Å²) in [7, 11) is 0. The van der Waals surface area contributed by atoms with Gasteiger partial charge in [0.15, 0.2) is 0 Å². The van der Waals surface area contributed by atoms with Crippen molar-refractivity contribution in [2.75, 3.05) is 0 Å². The number of nitrogens with one attached hydrogen (secondary N) is 1. The summed E-state index contributed by atoms with van der Waals surface area (Å²) in [6, 6.07) is 4.34. The predicted octanol–water partition coefficient (Wildman–Crippen LogP) is 4.01. The maximum Gasteiger partial charge on any atom is 0.420 e. The number of carbonyl (C=O) groups is 2. The number of amides is 2. The van der Waals surface area contributed by atoms with Crippen LogP contribution in [0, 0.1) is 0 Å². The highest BCUT2D eigenvalue weighted by Gasteiger charge is 2.32. The van der Waals surface area contributed by atoms with Crippen LogP contribution < -0.4 is 5.32 Å². The molecule has 0 aromatic carbocycles. The Morgan fingerprint density at radius 2 is 1.67 bits per heavy atom. The van der Waals surface area contributed by atoms with Gasteiger partial charge in [-0.2, -0.15) is 0 Å². The van der Waals surface area contributed by atoms with E-state index in [2.05, 4.69) is 10.3 Å². The maximum atomic E-state index is 12.6. The SMILES string of the molecule is CC(C)(C)OC(=O)N(Cc1ncccc1CNC1CC1)C(=O)OC(C)(C)C. The third kappa shape index (κ3) is 7.54. The standard InChI is InChI=1S/C20H31N3O4/c1-19(2,3)26-17(24)23(18(25)27-20(4,5)6)13-16-14(8-7-11-21-16)12-22-15-9-10-15/h7-8,11,15,22H,9-10,12-13H2,1-6H3. The first kappa shape index (κ1) is 21.2. The number of ether oxygens (including phenoxy) is 2. The molecule has 2 rings (SSSR count). The third-order valence-corrected chi connectivity index (χ3v) is 3.68. The van der Waals surface area contributed by atoms with Gasteiger partial charge in [-0.05, 0) is 66.0 Å². The van der Waals surface area contributed by atoms with E-state index in [0.717, 1.165) is 10.5 Å². The lowest BCUT2D eigenvalue weighted by atomic mass is 10.1. The van der Waals surface area contributed by atoms with Gasteiger partial charge >= 0.3 is 12.2 Å². The molecule has 1 aromatic rings. The number of carbonyl (C=O) groups excluding carboxylic acids is 2. The van der Waals surface area contributed by atoms with Crippen LogP contribution in [0.25, 0.3) is 0 Å². The lowest BCUT2D eigenvalue weighted by Crippen LogP contribution is -2.43. The minimum Gasteiger partial charge on any atom is -0.443 e. The van der Waals surface area contributed by atoms with Gasteiger partial charge in [0.05, 0.1) is 12.2 Å². The normalized spacial score (nSPS) is 14.6. The molecule has 7 nitrogen and oxygen atoms in total. The van der Waals surface area contributed by atoms with Crippen molar-refractivity contribution in [3.63, 3.8) is 0 Å². The van der Waals surface area contributed by atoms with E-state index >= 15 is 0 Å². The van der Waals surface area contributed by atoms with E-state index in [-0.39, 0.29) is 6.54 Å². The summed E-state index contributed by atoms with van der Waals surface area (Å²) >= 11 is 0. The Morgan fingerprint density at radius 3 is 2.15 bits per heavy atom. The summed E-state index contributed by atoms with van der Waals surface area (Å²) in [4.78, 5) is 30.6. The second-order valence-electron chi connectivity index (χ2n) is 8.81. The van der Waals surface area contributed by atoms with Crippen molar-refractivity contribution in [1.82, 2.24) is 15.2 Å². The Morgan fingerprint density at radius 1 is 1.11 bits per heavy atom. The molecule has 27 heavy (non-hydrogen) atoms. The molecule has 1 N–H and O–H groups in total. The molecule has 0 unspecified atom stereocenters. The molecular weight excluding hydrogens is 346 g/mol. The van der Waals surface area contributed by atoms with Crippen LogP contribution in [0.2, 0.25) is 0 Å². The molecule has 1 aliphatic rings. The number of aromatic nitrogens is 1. The number of nitrogens with zero attached hydrogens (tertiary/aromatic N) is 2. The first-order valence-electron chi connectivity index (χ1n) is 9.34. The highest BCUT2D eigenvalue weighted by atomic mass is 16.6. The van der Waals surface area contributed by atoms with Crippen molar-refractivity contribution in [1.29, 1.82) is 0 Å². The molecule has 0 atom stereocenters. The molecule has 1 aromatic heterocycles. The van der Waals surface area contributed by atoms with Crippen molar-refractivity contribution in [2.24, 2.45) is 0 Å². The molecule has 0 saturated heterocycles. The van der Waals surface area contributed by atoms with E-state index in [1.165, 1.54) is 12.8 Å². The van der Waals surface area contributed by atoms with Crippen LogP contribution in [-0.2, 0) is 22.6 Å². The lowest BCUT2D eigenvalue weighted by Gasteiger charge is -2.28. The fourth-order valence-electron chi connectivity index (χ4n) is 2.30. The van der Waals surface area contributed by atoms with Crippen molar-refractivity contribution >= 4 is 12.2 Å². The number of imide groups is 1. The number of rotatable bonds is 5. The van der Waals surface area contributed by atoms with Gasteiger partial charge < -0.3 is 14.8 Å². The second-order valence-corrected chi connectivity index (χ2v) is 8.81. The second kappa shape index (κ2) is 8.25. The molecular formula is C20H31N3O4. The van der Waals surface area contributed by atoms with Gasteiger partial charge in [-0.15, -0.1) is 0 Å². The van der Waals surface area contributed by atoms with Crippen LogP contribution in [0.4, 0.5) is 9.59 Å². The van der Waals surface area contributed by atoms with Crippen LogP contribution in [0.1, 0.15) is 65.6 Å². The first-order valence-corrected chi connectivity index (χ1v) is 9.34. The Bertz CT molecular complexity index is 645. The molecule has 1 heterocycles. The Hall–Kier alpha value is -2.15. The molecule has 150 valence electrons. The van der Waals surface area contributed by atoms with E-state index in [0.29, 0.717) is 18.3 Å². The molecule has 0 bridgehead atoms. The van der Waals surface area contributed by atoms with E-state index in [9.17, 15) is 9.59 Å². The maximum absolute atomic E-state index is 12.6. The zero-order valence-electron chi connectivity index (χ0n) is 17.2. The average molecular weight is 377 g/mol. The molecule has 1 fully saturated rings. The molecule has 0 aliphatic heterocycles. The fraction of sp³-hybridized carbons (Fsp3) is 0.650. The summed E-state index contributed by atoms with van der Waals surface area (Å²) in [6.07, 6.45) is 2.51. The minimum absolute atomic E-state index is 0.00759. The molecule has 7 heteroatoms. The van der Waals surface area contributed by atoms with Gasteiger partial charge in [-0.1, -0.05) is 6.07 Å². The van der Waals surface area contributed by atoms with Crippen LogP contribution in [0.3, 0.4) is 0 Å². The van der Waals surface area contributed by atoms with Gasteiger partial charge in [0.2, 0.25) is 0 Å². The molecule has 1 saturated carbocycles. The van der Waals surface area contributed by atoms with Crippen LogP contribution in [0.5, 0.6) is 0 Å². The zero-order chi connectivity index (χ0) is 20.2. The Labute approximate surface area is 161 Å². The first-order chi connectivity index (χ1) is 12.4. The highest BCUT2D eigenvalue weighted by molar-refractivity contribution is 5.88. The summed E-state index contributed by atoms with van der Waals surface area (Å²) in [5.74, 6) is 0. The molecule has 1 aliphatic carbocycles. The monoisotopic (exact) mass is 377 g/mol. The number of hydrogen-bond donors (Lipinski definition) is 1. The number of hydrogen-bond acceptors (Lipinski definition) is 6. The summed E-state index contributed by atoms with van der Waals surface area (Å²) < 4.78 is 10.8. The van der Waals surface area contributed by atoms with Crippen LogP contribution >= 0.6 is 0 Å². The van der Waals surface area contributed by atoms with E-state index < -0.39 is 23.4 Å². The summed E-state index contributed by atoms with van der Waals surface area (Å²) in [5.41, 5.74) is 0.138. The summed E-state index contributed by atoms with van der Waals surface area (Å²) in [5, 5.41) is 3.43. The topological polar surface area (TPSA) is 80.8 Å². The van der Waals surface area contributed by atoms with Crippen molar-refractivity contribution < 1.29 is 19.1 Å². The van der Waals surface area contributed by atoms with Gasteiger partial charge in [0.1, 0.15) is 11.2 Å². The van der Waals surface area contributed by atoms with E-state index in [4.69, 9.17) is 9.47 Å². The Balaban J connectivity index is 2.20. The third-order valence-electron chi connectivity index (χ3n) is 3.68. The Kier molecular flexibility index (Phi) is 6.46. The minimum atomic E-state index is -0.747. The predicted molar refractivity (Wildman–Crippen MR) is 102 cm³/mol. The van der Waals surface area contributed by atoms with Crippen LogP contribution in [-0.4, -0.2) is 39.3 Å². The molecule has 2 amide bonds. The average Bonchev–Trinajstić information content (AvgIpc) is 3.32. The number of pyridine rings is 1. The van der Waals surface area contributed by atoms with E-state index in [1.54, 1.807) is 47.7 Å². The largest absolute Gasteiger partial charge is 0.443 e. The summed E-state index contributed by atoms with van der Waals surface area (Å²) in [6.45, 7) is 11.2. The van der Waals surface area contributed by atoms with Crippen molar-refractivity contribution in [3.8, 4) is 0 Å². The van der Waals surface area contributed by atoms with E-state index in [1.807, 2.05) is 12.1 Å². The smallest absolute Gasteiger partial charge is 0.420 e. The fourth-order valence-corrected chi connectivity index (χ4v) is 2.30. The van der Waals surface area contributed by atoms with Gasteiger partial charge in [0.25, 0.3) is 0 Å². The van der Waals surface area contributed by atoms with Crippen molar-refractivity contribution in [2.45, 2.75) is 84.7 Å². The zero-order valence-corrected chi connectivity index (χ0v) is 17.2. The van der Waals surface area contributed by atoms with Gasteiger partial charge in [-0.3, -0.25) is 4.98 Å². The van der Waals surface area contributed by atoms with Gasteiger partial charge in [0, 0.05) is 18.8 Å². The van der Waals surface area contributed by atoms with Crippen LogP contribution in [0.15, 0.2) is 18.3 Å². The van der Waals surface area contributed by atoms with Crippen molar-refractivity contribution in [3.05, 3.63) is 29.6 Å². The highest BCUT2D eigenvalue weighted by Crippen LogP contribution is 2.21. The van der Waals surface area contributed by atoms with Gasteiger partial charge in [-0.25, -0.2) is 14.5 Å². The lowest BCUT2D eigenvalue weighted by molar-refractivity contribution is -0.000522. The molecule has 0 spiro atoms.